The number of aromatic nitrogens is 2. The number of nitrogens with one attached hydrogen (secondary N) is 2. The van der Waals surface area contributed by atoms with Gasteiger partial charge in [-0.25, -0.2) is 9.78 Å². The maximum absolute atomic E-state index is 12.8. The van der Waals surface area contributed by atoms with Crippen LogP contribution in [0.5, 0.6) is 0 Å². The fourth-order valence-corrected chi connectivity index (χ4v) is 5.83. The van der Waals surface area contributed by atoms with Gasteiger partial charge < -0.3 is 19.9 Å². The third kappa shape index (κ3) is 3.97. The minimum absolute atomic E-state index is 0.163. The molecule has 5 rings (SSSR count). The second-order valence-corrected chi connectivity index (χ2v) is 9.97. The Morgan fingerprint density at radius 1 is 1.26 bits per heavy atom. The number of ether oxygens (including phenoxy) is 1. The standard InChI is InChI=1S/C26H28N4O3S/c1-14-21(27-15(2)23(14)26(32)33-4)12-19-18-11-17(5-6-20(18)28-24(19)31)22-13-34-25(29-22)16-7-9-30(3)10-8-16/h5-6,11-13,16,27H,7-10H2,1-4H3,(H,28,31). The van der Waals surface area contributed by atoms with Gasteiger partial charge in [0.1, 0.15) is 0 Å². The number of piperidine rings is 1. The highest BCUT2D eigenvalue weighted by Crippen LogP contribution is 2.38. The quantitative estimate of drug-likeness (QED) is 0.415. The van der Waals surface area contributed by atoms with Gasteiger partial charge in [-0.05, 0) is 70.6 Å². The molecule has 0 aliphatic carbocycles. The number of nitrogens with zero attached hydrogens (tertiary/aromatic N) is 2. The van der Waals surface area contributed by atoms with Gasteiger partial charge in [0.05, 0.1) is 28.9 Å². The lowest BCUT2D eigenvalue weighted by atomic mass is 9.98. The first-order valence-electron chi connectivity index (χ1n) is 11.4. The van der Waals surface area contributed by atoms with Crippen LogP contribution in [0.15, 0.2) is 23.6 Å². The number of aryl methyl sites for hydroxylation is 1. The van der Waals surface area contributed by atoms with Crippen LogP contribution >= 0.6 is 11.3 Å². The third-order valence-corrected chi connectivity index (χ3v) is 7.85. The first-order valence-corrected chi connectivity index (χ1v) is 12.3. The number of benzene rings is 1. The molecule has 2 aliphatic heterocycles. The van der Waals surface area contributed by atoms with Crippen LogP contribution in [-0.2, 0) is 9.53 Å². The second-order valence-electron chi connectivity index (χ2n) is 9.08. The molecule has 1 aromatic carbocycles. The van der Waals surface area contributed by atoms with Gasteiger partial charge in [-0.1, -0.05) is 6.07 Å². The largest absolute Gasteiger partial charge is 0.465 e. The van der Waals surface area contributed by atoms with E-state index in [1.807, 2.05) is 38.1 Å². The number of carbonyl (C=O) groups excluding carboxylic acids is 2. The van der Waals surface area contributed by atoms with Crippen molar-refractivity contribution in [2.45, 2.75) is 32.6 Å². The molecule has 1 fully saturated rings. The zero-order chi connectivity index (χ0) is 24.0. The molecule has 0 saturated carbocycles. The zero-order valence-electron chi connectivity index (χ0n) is 19.8. The van der Waals surface area contributed by atoms with Crippen LogP contribution in [0.3, 0.4) is 0 Å². The smallest absolute Gasteiger partial charge is 0.339 e. The van der Waals surface area contributed by atoms with E-state index in [0.29, 0.717) is 22.7 Å². The number of methoxy groups -OCH3 is 1. The highest BCUT2D eigenvalue weighted by atomic mass is 32.1. The number of likely N-dealkylation sites (tertiary alicyclic amines) is 1. The van der Waals surface area contributed by atoms with E-state index in [2.05, 4.69) is 27.6 Å². The van der Waals surface area contributed by atoms with Gasteiger partial charge in [-0.2, -0.15) is 0 Å². The normalized spacial score (nSPS) is 17.8. The van der Waals surface area contributed by atoms with Crippen molar-refractivity contribution in [1.29, 1.82) is 0 Å². The number of thiazole rings is 1. The van der Waals surface area contributed by atoms with Gasteiger partial charge >= 0.3 is 5.97 Å². The van der Waals surface area contributed by atoms with Crippen LogP contribution in [0.4, 0.5) is 5.69 Å². The molecule has 1 saturated heterocycles. The van der Waals surface area contributed by atoms with Crippen LogP contribution < -0.4 is 5.32 Å². The predicted octanol–water partition coefficient (Wildman–Crippen LogP) is 4.84. The number of amides is 1. The summed E-state index contributed by atoms with van der Waals surface area (Å²) in [5.74, 6) is -0.0340. The number of rotatable bonds is 4. The van der Waals surface area contributed by atoms with Crippen molar-refractivity contribution in [3.63, 3.8) is 0 Å². The first kappa shape index (κ1) is 22.6. The summed E-state index contributed by atoms with van der Waals surface area (Å²) in [5, 5.41) is 6.26. The Labute approximate surface area is 202 Å². The molecule has 0 radical (unpaired) electrons. The zero-order valence-corrected chi connectivity index (χ0v) is 20.6. The van der Waals surface area contributed by atoms with Crippen LogP contribution in [0, 0.1) is 13.8 Å². The van der Waals surface area contributed by atoms with Crippen LogP contribution in [0.25, 0.3) is 22.9 Å². The molecule has 8 heteroatoms. The minimum atomic E-state index is -0.390. The highest BCUT2D eigenvalue weighted by molar-refractivity contribution is 7.10. The SMILES string of the molecule is COC(=O)c1c(C)[nH]c(C=C2C(=O)Nc3ccc(-c4csc(C5CCN(C)CC5)n4)cc32)c1C. The Kier molecular flexibility index (Phi) is 5.87. The number of anilines is 1. The summed E-state index contributed by atoms with van der Waals surface area (Å²) >= 11 is 1.72. The van der Waals surface area contributed by atoms with Crippen molar-refractivity contribution in [2.24, 2.45) is 0 Å². The number of fused-ring (bicyclic) bond motifs is 1. The Hall–Kier alpha value is -3.23. The topological polar surface area (TPSA) is 87.3 Å². The molecule has 1 amide bonds. The number of H-pyrrole nitrogens is 1. The molecular formula is C26H28N4O3S. The minimum Gasteiger partial charge on any atom is -0.465 e. The molecule has 4 heterocycles. The number of esters is 1. The molecular weight excluding hydrogens is 448 g/mol. The lowest BCUT2D eigenvalue weighted by molar-refractivity contribution is -0.110. The third-order valence-electron chi connectivity index (χ3n) is 6.84. The summed E-state index contributed by atoms with van der Waals surface area (Å²) in [5.41, 5.74) is 6.81. The molecule has 0 spiro atoms. The first-order chi connectivity index (χ1) is 16.4. The summed E-state index contributed by atoms with van der Waals surface area (Å²) in [7, 11) is 3.53. The second kappa shape index (κ2) is 8.85. The molecule has 2 N–H and O–H groups in total. The van der Waals surface area contributed by atoms with E-state index in [1.165, 1.54) is 12.1 Å². The van der Waals surface area contributed by atoms with Crippen molar-refractivity contribution in [1.82, 2.24) is 14.9 Å². The molecule has 0 unspecified atom stereocenters. The van der Waals surface area contributed by atoms with Crippen LogP contribution in [0.2, 0.25) is 0 Å². The van der Waals surface area contributed by atoms with Crippen molar-refractivity contribution < 1.29 is 14.3 Å². The highest BCUT2D eigenvalue weighted by Gasteiger charge is 2.27. The van der Waals surface area contributed by atoms with Gasteiger partial charge in [0, 0.05) is 39.5 Å². The van der Waals surface area contributed by atoms with Crippen molar-refractivity contribution in [3.8, 4) is 11.3 Å². The van der Waals surface area contributed by atoms with Crippen LogP contribution in [-0.4, -0.2) is 54.0 Å². The number of hydrogen-bond donors (Lipinski definition) is 2. The Morgan fingerprint density at radius 2 is 2.03 bits per heavy atom. The Morgan fingerprint density at radius 3 is 2.76 bits per heavy atom. The fraction of sp³-hybridized carbons (Fsp3) is 0.346. The van der Waals surface area contributed by atoms with Gasteiger partial charge in [0.25, 0.3) is 5.91 Å². The summed E-state index contributed by atoms with van der Waals surface area (Å²) < 4.78 is 4.91. The number of aromatic amines is 1. The van der Waals surface area contributed by atoms with Crippen molar-refractivity contribution >= 4 is 40.5 Å². The molecule has 0 atom stereocenters. The van der Waals surface area contributed by atoms with Crippen molar-refractivity contribution in [3.05, 3.63) is 56.7 Å². The maximum atomic E-state index is 12.8. The van der Waals surface area contributed by atoms with E-state index in [-0.39, 0.29) is 5.91 Å². The summed E-state index contributed by atoms with van der Waals surface area (Å²) in [4.78, 5) is 35.5. The summed E-state index contributed by atoms with van der Waals surface area (Å²) in [6.07, 6.45) is 4.09. The van der Waals surface area contributed by atoms with E-state index in [1.54, 1.807) is 11.3 Å². The lowest BCUT2D eigenvalue weighted by Crippen LogP contribution is -2.29. The lowest BCUT2D eigenvalue weighted by Gasteiger charge is -2.27. The predicted molar refractivity (Wildman–Crippen MR) is 135 cm³/mol. The molecule has 7 nitrogen and oxygen atoms in total. The Bertz CT molecular complexity index is 1310. The summed E-state index contributed by atoms with van der Waals surface area (Å²) in [6, 6.07) is 5.97. The van der Waals surface area contributed by atoms with E-state index in [0.717, 1.165) is 59.7 Å². The monoisotopic (exact) mass is 476 g/mol. The van der Waals surface area contributed by atoms with Gasteiger partial charge in [-0.15, -0.1) is 11.3 Å². The van der Waals surface area contributed by atoms with E-state index >= 15 is 0 Å². The maximum Gasteiger partial charge on any atom is 0.339 e. The molecule has 0 bridgehead atoms. The molecule has 2 aliphatic rings. The average molecular weight is 477 g/mol. The van der Waals surface area contributed by atoms with E-state index in [4.69, 9.17) is 9.72 Å². The Balaban J connectivity index is 1.48. The molecule has 34 heavy (non-hydrogen) atoms. The average Bonchev–Trinajstić information content (AvgIpc) is 3.50. The van der Waals surface area contributed by atoms with Crippen LogP contribution in [0.1, 0.15) is 56.6 Å². The van der Waals surface area contributed by atoms with E-state index < -0.39 is 5.97 Å². The fourth-order valence-electron chi connectivity index (χ4n) is 4.83. The molecule has 2 aromatic heterocycles. The van der Waals surface area contributed by atoms with Gasteiger partial charge in [0.2, 0.25) is 0 Å². The van der Waals surface area contributed by atoms with E-state index in [9.17, 15) is 9.59 Å². The van der Waals surface area contributed by atoms with Gasteiger partial charge in [-0.3, -0.25) is 4.79 Å². The molecule has 3 aromatic rings. The van der Waals surface area contributed by atoms with Crippen molar-refractivity contribution in [2.75, 3.05) is 32.6 Å². The number of carbonyl (C=O) groups is 2. The van der Waals surface area contributed by atoms with Gasteiger partial charge in [0.15, 0.2) is 0 Å². The number of hydrogen-bond acceptors (Lipinski definition) is 6. The molecule has 176 valence electrons. The summed E-state index contributed by atoms with van der Waals surface area (Å²) in [6.45, 7) is 5.89.